The first-order valence-electron chi connectivity index (χ1n) is 5.72. The first kappa shape index (κ1) is 13.3. The Bertz CT molecular complexity index is 529. The minimum Gasteiger partial charge on any atom is -0.313 e. The quantitative estimate of drug-likeness (QED) is 0.919. The minimum absolute atomic E-state index is 0.125. The van der Waals surface area contributed by atoms with Crippen molar-refractivity contribution in [1.29, 1.82) is 0 Å². The van der Waals surface area contributed by atoms with Crippen LogP contribution in [0.5, 0.6) is 0 Å². The van der Waals surface area contributed by atoms with Crippen LogP contribution >= 0.6 is 23.2 Å². The molecule has 2 nitrogen and oxygen atoms in total. The van der Waals surface area contributed by atoms with Gasteiger partial charge in [0.1, 0.15) is 0 Å². The molecule has 0 radical (unpaired) electrons. The van der Waals surface area contributed by atoms with Gasteiger partial charge in [-0.25, -0.2) is 0 Å². The number of likely N-dealkylation sites (N-methyl/N-ethyl adjacent to an activating group) is 1. The summed E-state index contributed by atoms with van der Waals surface area (Å²) >= 11 is 12.3. The molecular formula is C14H14Cl2N2. The van der Waals surface area contributed by atoms with Crippen molar-refractivity contribution in [2.45, 2.75) is 12.5 Å². The van der Waals surface area contributed by atoms with Crippen LogP contribution in [-0.2, 0) is 6.42 Å². The second-order valence-electron chi connectivity index (χ2n) is 4.03. The van der Waals surface area contributed by atoms with E-state index in [0.29, 0.717) is 5.02 Å². The topological polar surface area (TPSA) is 24.9 Å². The average molecular weight is 281 g/mol. The number of rotatable bonds is 4. The van der Waals surface area contributed by atoms with E-state index in [0.717, 1.165) is 22.6 Å². The highest BCUT2D eigenvalue weighted by atomic mass is 35.5. The molecule has 0 fully saturated rings. The molecule has 1 heterocycles. The molecule has 1 N–H and O–H groups in total. The molecule has 1 unspecified atom stereocenters. The summed E-state index contributed by atoms with van der Waals surface area (Å²) in [6.07, 6.45) is 4.20. The largest absolute Gasteiger partial charge is 0.313 e. The second-order valence-corrected chi connectivity index (χ2v) is 4.85. The van der Waals surface area contributed by atoms with Crippen molar-refractivity contribution in [2.24, 2.45) is 0 Å². The molecule has 1 aromatic heterocycles. The van der Waals surface area contributed by atoms with Crippen LogP contribution in [0.4, 0.5) is 0 Å². The molecule has 4 heteroatoms. The average Bonchev–Trinajstić information content (AvgIpc) is 2.39. The zero-order valence-electron chi connectivity index (χ0n) is 10.0. The number of nitrogens with one attached hydrogen (secondary N) is 1. The summed E-state index contributed by atoms with van der Waals surface area (Å²) < 4.78 is 0. The van der Waals surface area contributed by atoms with Crippen LogP contribution in [0.1, 0.15) is 17.2 Å². The molecule has 0 bridgehead atoms. The molecule has 0 saturated heterocycles. The fourth-order valence-corrected chi connectivity index (χ4v) is 2.38. The van der Waals surface area contributed by atoms with Gasteiger partial charge in [-0.3, -0.25) is 4.98 Å². The van der Waals surface area contributed by atoms with Gasteiger partial charge in [0, 0.05) is 23.5 Å². The van der Waals surface area contributed by atoms with E-state index < -0.39 is 0 Å². The zero-order valence-corrected chi connectivity index (χ0v) is 11.5. The fraction of sp³-hybridized carbons (Fsp3) is 0.214. The maximum Gasteiger partial charge on any atom is 0.0637 e. The van der Waals surface area contributed by atoms with Gasteiger partial charge in [-0.2, -0.15) is 0 Å². The molecule has 18 heavy (non-hydrogen) atoms. The number of nitrogens with zero attached hydrogens (tertiary/aromatic N) is 1. The van der Waals surface area contributed by atoms with Crippen molar-refractivity contribution in [2.75, 3.05) is 7.05 Å². The summed E-state index contributed by atoms with van der Waals surface area (Å²) in [7, 11) is 1.91. The van der Waals surface area contributed by atoms with Gasteiger partial charge in [-0.15, -0.1) is 0 Å². The van der Waals surface area contributed by atoms with Crippen molar-refractivity contribution in [3.8, 4) is 0 Å². The molecule has 1 atom stereocenters. The molecule has 0 aliphatic carbocycles. The Balaban J connectivity index is 2.26. The van der Waals surface area contributed by atoms with E-state index >= 15 is 0 Å². The summed E-state index contributed by atoms with van der Waals surface area (Å²) in [6, 6.07) is 9.90. The Morgan fingerprint density at radius 1 is 1.17 bits per heavy atom. The lowest BCUT2D eigenvalue weighted by molar-refractivity contribution is 0.591. The van der Waals surface area contributed by atoms with Crippen LogP contribution in [0.25, 0.3) is 0 Å². The van der Waals surface area contributed by atoms with Gasteiger partial charge in [0.25, 0.3) is 0 Å². The third-order valence-electron chi connectivity index (χ3n) is 2.91. The van der Waals surface area contributed by atoms with Crippen molar-refractivity contribution < 1.29 is 0 Å². The van der Waals surface area contributed by atoms with Crippen molar-refractivity contribution in [3.63, 3.8) is 0 Å². The molecule has 0 aliphatic heterocycles. The first-order valence-corrected chi connectivity index (χ1v) is 6.48. The number of pyridine rings is 1. The van der Waals surface area contributed by atoms with Gasteiger partial charge < -0.3 is 5.32 Å². The smallest absolute Gasteiger partial charge is 0.0637 e. The van der Waals surface area contributed by atoms with E-state index in [-0.39, 0.29) is 6.04 Å². The van der Waals surface area contributed by atoms with Gasteiger partial charge in [0.15, 0.2) is 0 Å². The summed E-state index contributed by atoms with van der Waals surface area (Å²) in [5.41, 5.74) is 2.14. The Morgan fingerprint density at radius 3 is 2.61 bits per heavy atom. The molecule has 0 amide bonds. The van der Waals surface area contributed by atoms with Crippen molar-refractivity contribution in [1.82, 2.24) is 10.3 Å². The standard InChI is InChI=1S/C14H14Cl2N2/c1-17-14(11-6-7-18-9-13(11)16)8-10-4-2-3-5-12(10)15/h2-7,9,14,17H,8H2,1H3. The van der Waals surface area contributed by atoms with Gasteiger partial charge >= 0.3 is 0 Å². The number of hydrogen-bond donors (Lipinski definition) is 1. The predicted octanol–water partition coefficient (Wildman–Crippen LogP) is 3.89. The summed E-state index contributed by atoms with van der Waals surface area (Å²) in [5.74, 6) is 0. The third kappa shape index (κ3) is 3.02. The highest BCUT2D eigenvalue weighted by Gasteiger charge is 2.14. The minimum atomic E-state index is 0.125. The van der Waals surface area contributed by atoms with Crippen LogP contribution in [0.15, 0.2) is 42.7 Å². The Hall–Kier alpha value is -1.09. The van der Waals surface area contributed by atoms with E-state index in [1.165, 1.54) is 0 Å². The molecule has 0 spiro atoms. The van der Waals surface area contributed by atoms with Crippen LogP contribution in [-0.4, -0.2) is 12.0 Å². The lowest BCUT2D eigenvalue weighted by atomic mass is 10.00. The Morgan fingerprint density at radius 2 is 1.94 bits per heavy atom. The van der Waals surface area contributed by atoms with E-state index in [2.05, 4.69) is 10.3 Å². The first-order chi connectivity index (χ1) is 8.72. The van der Waals surface area contributed by atoms with Gasteiger partial charge in [-0.1, -0.05) is 41.4 Å². The molecular weight excluding hydrogens is 267 g/mol. The molecule has 2 rings (SSSR count). The van der Waals surface area contributed by atoms with Crippen LogP contribution in [0, 0.1) is 0 Å². The fourth-order valence-electron chi connectivity index (χ4n) is 1.92. The lowest BCUT2D eigenvalue weighted by Gasteiger charge is -2.18. The third-order valence-corrected chi connectivity index (χ3v) is 3.59. The van der Waals surface area contributed by atoms with E-state index in [9.17, 15) is 0 Å². The lowest BCUT2D eigenvalue weighted by Crippen LogP contribution is -2.19. The number of halogens is 2. The van der Waals surface area contributed by atoms with Crippen LogP contribution < -0.4 is 5.32 Å². The highest BCUT2D eigenvalue weighted by Crippen LogP contribution is 2.27. The molecule has 1 aromatic carbocycles. The molecule has 0 saturated carbocycles. The van der Waals surface area contributed by atoms with Crippen molar-refractivity contribution in [3.05, 3.63) is 63.9 Å². The maximum atomic E-state index is 6.18. The number of hydrogen-bond acceptors (Lipinski definition) is 2. The molecule has 2 aromatic rings. The van der Waals surface area contributed by atoms with Gasteiger partial charge in [0.2, 0.25) is 0 Å². The van der Waals surface area contributed by atoms with Crippen LogP contribution in [0.3, 0.4) is 0 Å². The zero-order chi connectivity index (χ0) is 13.0. The molecule has 94 valence electrons. The molecule has 0 aliphatic rings. The summed E-state index contributed by atoms with van der Waals surface area (Å²) in [4.78, 5) is 4.00. The maximum absolute atomic E-state index is 6.18. The Kier molecular flexibility index (Phi) is 4.59. The van der Waals surface area contributed by atoms with E-state index in [1.807, 2.05) is 37.4 Å². The van der Waals surface area contributed by atoms with Crippen molar-refractivity contribution >= 4 is 23.2 Å². The van der Waals surface area contributed by atoms with Crippen LogP contribution in [0.2, 0.25) is 10.0 Å². The Labute approximate surface area is 117 Å². The predicted molar refractivity (Wildman–Crippen MR) is 76.2 cm³/mol. The summed E-state index contributed by atoms with van der Waals surface area (Å²) in [5, 5.41) is 4.71. The second kappa shape index (κ2) is 6.19. The highest BCUT2D eigenvalue weighted by molar-refractivity contribution is 6.31. The number of aromatic nitrogens is 1. The monoisotopic (exact) mass is 280 g/mol. The van der Waals surface area contributed by atoms with E-state index in [1.54, 1.807) is 12.4 Å². The van der Waals surface area contributed by atoms with E-state index in [4.69, 9.17) is 23.2 Å². The van der Waals surface area contributed by atoms with Gasteiger partial charge in [0.05, 0.1) is 5.02 Å². The SMILES string of the molecule is CNC(Cc1ccccc1Cl)c1ccncc1Cl. The van der Waals surface area contributed by atoms with Gasteiger partial charge in [-0.05, 0) is 36.7 Å². The summed E-state index contributed by atoms with van der Waals surface area (Å²) in [6.45, 7) is 0. The normalized spacial score (nSPS) is 12.4. The number of benzene rings is 1.